The Morgan fingerprint density at radius 2 is 1.73 bits per heavy atom. The van der Waals surface area contributed by atoms with Gasteiger partial charge in [0.05, 0.1) is 17.1 Å². The number of hydrogen-bond acceptors (Lipinski definition) is 5. The average molecular weight is 381 g/mol. The highest BCUT2D eigenvalue weighted by Gasteiger charge is 2.32. The Kier molecular flexibility index (Phi) is 5.96. The Morgan fingerprint density at radius 3 is 2.38 bits per heavy atom. The summed E-state index contributed by atoms with van der Waals surface area (Å²) in [6.45, 7) is 7.51. The second kappa shape index (κ2) is 8.04. The smallest absolute Gasteiger partial charge is 0.253 e. The van der Waals surface area contributed by atoms with Gasteiger partial charge in [0.1, 0.15) is 0 Å². The van der Waals surface area contributed by atoms with Crippen LogP contribution in [0, 0.1) is 0 Å². The van der Waals surface area contributed by atoms with Gasteiger partial charge in [-0.3, -0.25) is 4.79 Å². The fraction of sp³-hybridized carbons (Fsp3) is 0.611. The van der Waals surface area contributed by atoms with Crippen LogP contribution in [0.5, 0.6) is 0 Å². The van der Waals surface area contributed by atoms with Crippen LogP contribution in [0.25, 0.3) is 0 Å². The fourth-order valence-corrected chi connectivity index (χ4v) is 5.07. The maximum absolute atomic E-state index is 12.9. The lowest BCUT2D eigenvalue weighted by Gasteiger charge is -2.34. The summed E-state index contributed by atoms with van der Waals surface area (Å²) in [5.74, 6) is -0.0498. The molecule has 1 aromatic rings. The summed E-state index contributed by atoms with van der Waals surface area (Å²) < 4.78 is 32.8. The minimum absolute atomic E-state index is 0.0498. The van der Waals surface area contributed by atoms with Crippen LogP contribution in [0.3, 0.4) is 0 Å². The first-order chi connectivity index (χ1) is 12.4. The summed E-state index contributed by atoms with van der Waals surface area (Å²) in [6, 6.07) is 6.29. The third-order valence-corrected chi connectivity index (χ3v) is 6.60. The third-order valence-electron chi connectivity index (χ3n) is 4.75. The van der Waals surface area contributed by atoms with Gasteiger partial charge in [-0.1, -0.05) is 0 Å². The first kappa shape index (κ1) is 19.3. The SMILES string of the molecule is CC1CN(S(=O)(=O)c2ccc(C(=O)N3CCCNCC3)cc2)CC(C)O1. The minimum Gasteiger partial charge on any atom is -0.373 e. The largest absolute Gasteiger partial charge is 0.373 e. The number of nitrogens with zero attached hydrogens (tertiary/aromatic N) is 2. The van der Waals surface area contributed by atoms with E-state index in [-0.39, 0.29) is 23.0 Å². The molecule has 26 heavy (non-hydrogen) atoms. The molecule has 144 valence electrons. The van der Waals surface area contributed by atoms with E-state index in [0.717, 1.165) is 26.1 Å². The highest BCUT2D eigenvalue weighted by molar-refractivity contribution is 7.89. The highest BCUT2D eigenvalue weighted by Crippen LogP contribution is 2.22. The summed E-state index contributed by atoms with van der Waals surface area (Å²) in [6.07, 6.45) is 0.656. The van der Waals surface area contributed by atoms with Gasteiger partial charge >= 0.3 is 0 Å². The number of morpholine rings is 1. The molecule has 2 atom stereocenters. The van der Waals surface area contributed by atoms with E-state index in [1.807, 2.05) is 18.7 Å². The number of amides is 1. The van der Waals surface area contributed by atoms with Crippen LogP contribution in [0.2, 0.25) is 0 Å². The quantitative estimate of drug-likeness (QED) is 0.842. The molecule has 2 aliphatic rings. The second-order valence-electron chi connectivity index (χ2n) is 7.00. The Bertz CT molecular complexity index is 717. The molecule has 0 saturated carbocycles. The first-order valence-corrected chi connectivity index (χ1v) is 10.6. The molecule has 1 aromatic carbocycles. The molecule has 1 N–H and O–H groups in total. The zero-order chi connectivity index (χ0) is 18.7. The summed E-state index contributed by atoms with van der Waals surface area (Å²) in [5.41, 5.74) is 0.523. The van der Waals surface area contributed by atoms with Gasteiger partial charge in [-0.15, -0.1) is 0 Å². The first-order valence-electron chi connectivity index (χ1n) is 9.13. The van der Waals surface area contributed by atoms with Gasteiger partial charge in [0.15, 0.2) is 0 Å². The lowest BCUT2D eigenvalue weighted by Crippen LogP contribution is -2.48. The molecule has 0 bridgehead atoms. The van der Waals surface area contributed by atoms with Gasteiger partial charge in [0, 0.05) is 38.3 Å². The van der Waals surface area contributed by atoms with Crippen molar-refractivity contribution in [3.8, 4) is 0 Å². The number of sulfonamides is 1. The van der Waals surface area contributed by atoms with Crippen molar-refractivity contribution in [1.29, 1.82) is 0 Å². The van der Waals surface area contributed by atoms with Gasteiger partial charge in [-0.25, -0.2) is 8.42 Å². The molecular formula is C18H27N3O4S. The minimum atomic E-state index is -3.58. The van der Waals surface area contributed by atoms with Crippen molar-refractivity contribution in [2.45, 2.75) is 37.4 Å². The molecule has 1 amide bonds. The molecule has 0 aromatic heterocycles. The lowest BCUT2D eigenvalue weighted by atomic mass is 10.2. The number of carbonyl (C=O) groups is 1. The third kappa shape index (κ3) is 4.25. The maximum Gasteiger partial charge on any atom is 0.253 e. The Hall–Kier alpha value is -1.48. The molecule has 0 spiro atoms. The van der Waals surface area contributed by atoms with E-state index < -0.39 is 10.0 Å². The highest BCUT2D eigenvalue weighted by atomic mass is 32.2. The van der Waals surface area contributed by atoms with Crippen molar-refractivity contribution >= 4 is 15.9 Å². The summed E-state index contributed by atoms with van der Waals surface area (Å²) in [4.78, 5) is 14.7. The van der Waals surface area contributed by atoms with Crippen molar-refractivity contribution in [1.82, 2.24) is 14.5 Å². The van der Waals surface area contributed by atoms with E-state index >= 15 is 0 Å². The van der Waals surface area contributed by atoms with Crippen molar-refractivity contribution < 1.29 is 17.9 Å². The van der Waals surface area contributed by atoms with Crippen LogP contribution in [0.15, 0.2) is 29.2 Å². The van der Waals surface area contributed by atoms with Crippen LogP contribution in [0.1, 0.15) is 30.6 Å². The van der Waals surface area contributed by atoms with Gasteiger partial charge in [0.2, 0.25) is 10.0 Å². The van der Waals surface area contributed by atoms with Gasteiger partial charge in [-0.05, 0) is 51.1 Å². The van der Waals surface area contributed by atoms with Gasteiger partial charge in [0.25, 0.3) is 5.91 Å². The predicted molar refractivity (Wildman–Crippen MR) is 98.6 cm³/mol. The van der Waals surface area contributed by atoms with Crippen LogP contribution >= 0.6 is 0 Å². The average Bonchev–Trinajstić information content (AvgIpc) is 2.90. The Balaban J connectivity index is 1.75. The van der Waals surface area contributed by atoms with Crippen LogP contribution in [-0.4, -0.2) is 75.0 Å². The normalized spacial score (nSPS) is 25.7. The maximum atomic E-state index is 12.9. The van der Waals surface area contributed by atoms with E-state index in [9.17, 15) is 13.2 Å². The zero-order valence-electron chi connectivity index (χ0n) is 15.3. The molecule has 2 fully saturated rings. The molecule has 7 nitrogen and oxygen atoms in total. The van der Waals surface area contributed by atoms with Crippen molar-refractivity contribution in [3.05, 3.63) is 29.8 Å². The lowest BCUT2D eigenvalue weighted by molar-refractivity contribution is -0.0440. The molecule has 2 saturated heterocycles. The van der Waals surface area contributed by atoms with Crippen LogP contribution in [0.4, 0.5) is 0 Å². The number of nitrogens with one attached hydrogen (secondary N) is 1. The topological polar surface area (TPSA) is 79.0 Å². The summed E-state index contributed by atoms with van der Waals surface area (Å²) >= 11 is 0. The number of ether oxygens (including phenoxy) is 1. The second-order valence-corrected chi connectivity index (χ2v) is 8.94. The number of benzene rings is 1. The molecular weight excluding hydrogens is 354 g/mol. The summed E-state index contributed by atoms with van der Waals surface area (Å²) in [7, 11) is -3.58. The van der Waals surface area contributed by atoms with Crippen molar-refractivity contribution in [2.75, 3.05) is 39.3 Å². The predicted octanol–water partition coefficient (Wildman–Crippen LogP) is 0.920. The Labute approximate surface area is 155 Å². The molecule has 0 aliphatic carbocycles. The molecule has 2 heterocycles. The van der Waals surface area contributed by atoms with E-state index in [0.29, 0.717) is 25.2 Å². The molecule has 0 radical (unpaired) electrons. The van der Waals surface area contributed by atoms with Crippen molar-refractivity contribution in [3.63, 3.8) is 0 Å². The zero-order valence-corrected chi connectivity index (χ0v) is 16.2. The van der Waals surface area contributed by atoms with E-state index in [1.54, 1.807) is 12.1 Å². The molecule has 2 unspecified atom stereocenters. The molecule has 8 heteroatoms. The number of hydrogen-bond donors (Lipinski definition) is 1. The number of carbonyl (C=O) groups excluding carboxylic acids is 1. The monoisotopic (exact) mass is 381 g/mol. The van der Waals surface area contributed by atoms with Gasteiger partial charge < -0.3 is 15.0 Å². The summed E-state index contributed by atoms with van der Waals surface area (Å²) in [5, 5.41) is 3.27. The standard InChI is InChI=1S/C18H27N3O4S/c1-14-12-21(13-15(2)25-14)26(23,24)17-6-4-16(5-7-17)18(22)20-10-3-8-19-9-11-20/h4-7,14-15,19H,3,8-13H2,1-2H3. The molecule has 3 rings (SSSR count). The van der Waals surface area contributed by atoms with Crippen LogP contribution < -0.4 is 5.32 Å². The fourth-order valence-electron chi connectivity index (χ4n) is 3.48. The molecule has 2 aliphatic heterocycles. The van der Waals surface area contributed by atoms with Crippen LogP contribution in [-0.2, 0) is 14.8 Å². The van der Waals surface area contributed by atoms with E-state index in [4.69, 9.17) is 4.74 Å². The van der Waals surface area contributed by atoms with Crippen molar-refractivity contribution in [2.24, 2.45) is 0 Å². The van der Waals surface area contributed by atoms with E-state index in [1.165, 1.54) is 16.4 Å². The number of rotatable bonds is 3. The van der Waals surface area contributed by atoms with Gasteiger partial charge in [-0.2, -0.15) is 4.31 Å². The van der Waals surface area contributed by atoms with E-state index in [2.05, 4.69) is 5.32 Å². The Morgan fingerprint density at radius 1 is 1.08 bits per heavy atom.